The summed E-state index contributed by atoms with van der Waals surface area (Å²) in [5.41, 5.74) is 2.35. The lowest BCUT2D eigenvalue weighted by Gasteiger charge is -2.10. The fourth-order valence-electron chi connectivity index (χ4n) is 1.68. The second kappa shape index (κ2) is 7.26. The second-order valence-corrected chi connectivity index (χ2v) is 5.04. The average molecular weight is 321 g/mol. The Morgan fingerprint density at radius 3 is 2.63 bits per heavy atom. The number of hydrogen-bond donors (Lipinski definition) is 1. The van der Waals surface area contributed by atoms with Gasteiger partial charge in [-0.05, 0) is 57.9 Å². The minimum Gasteiger partial charge on any atom is -0.488 e. The Bertz CT molecular complexity index is 517. The second-order valence-electron chi connectivity index (χ2n) is 4.19. The summed E-state index contributed by atoms with van der Waals surface area (Å²) in [6.45, 7) is 4.49. The zero-order valence-corrected chi connectivity index (χ0v) is 12.5. The Balaban J connectivity index is 1.97. The summed E-state index contributed by atoms with van der Waals surface area (Å²) in [6, 6.07) is 10.1. The van der Waals surface area contributed by atoms with E-state index in [0.29, 0.717) is 6.61 Å². The maximum absolute atomic E-state index is 5.79. The van der Waals surface area contributed by atoms with Gasteiger partial charge in [0.1, 0.15) is 12.4 Å². The summed E-state index contributed by atoms with van der Waals surface area (Å²) in [4.78, 5) is 3.99. The minimum atomic E-state index is 0.549. The van der Waals surface area contributed by atoms with Crippen LogP contribution in [0.25, 0.3) is 0 Å². The number of rotatable bonds is 6. The van der Waals surface area contributed by atoms with E-state index in [1.54, 1.807) is 12.4 Å². The summed E-state index contributed by atoms with van der Waals surface area (Å²) in [5, 5.41) is 3.30. The maximum Gasteiger partial charge on any atom is 0.134 e. The van der Waals surface area contributed by atoms with E-state index in [2.05, 4.69) is 45.3 Å². The van der Waals surface area contributed by atoms with Crippen LogP contribution in [0.1, 0.15) is 18.1 Å². The highest BCUT2D eigenvalue weighted by atomic mass is 79.9. The molecule has 0 amide bonds. The zero-order chi connectivity index (χ0) is 13.5. The fourth-order valence-corrected chi connectivity index (χ4v) is 2.22. The van der Waals surface area contributed by atoms with Crippen molar-refractivity contribution in [2.45, 2.75) is 20.1 Å². The van der Waals surface area contributed by atoms with Crippen molar-refractivity contribution in [3.8, 4) is 5.75 Å². The van der Waals surface area contributed by atoms with Gasteiger partial charge in [-0.1, -0.05) is 13.0 Å². The van der Waals surface area contributed by atoms with E-state index in [1.807, 2.05) is 18.2 Å². The number of pyridine rings is 1. The Labute approximate surface area is 122 Å². The molecule has 0 fully saturated rings. The van der Waals surface area contributed by atoms with Crippen molar-refractivity contribution >= 4 is 15.9 Å². The van der Waals surface area contributed by atoms with Crippen molar-refractivity contribution in [2.75, 3.05) is 6.54 Å². The quantitative estimate of drug-likeness (QED) is 0.884. The minimum absolute atomic E-state index is 0.549. The van der Waals surface area contributed by atoms with E-state index < -0.39 is 0 Å². The number of nitrogens with one attached hydrogen (secondary N) is 1. The number of halogens is 1. The topological polar surface area (TPSA) is 34.1 Å². The highest BCUT2D eigenvalue weighted by molar-refractivity contribution is 9.10. The number of hydrogen-bond acceptors (Lipinski definition) is 3. The van der Waals surface area contributed by atoms with E-state index >= 15 is 0 Å². The average Bonchev–Trinajstić information content (AvgIpc) is 2.45. The predicted molar refractivity (Wildman–Crippen MR) is 80.1 cm³/mol. The third-order valence-corrected chi connectivity index (χ3v) is 3.34. The highest BCUT2D eigenvalue weighted by Gasteiger charge is 2.03. The molecular formula is C15H17BrN2O. The van der Waals surface area contributed by atoms with Gasteiger partial charge in [-0.15, -0.1) is 0 Å². The molecule has 1 heterocycles. The SMILES string of the molecule is CCNCc1ccc(OCc2ccncc2)c(Br)c1. The molecule has 3 nitrogen and oxygen atoms in total. The van der Waals surface area contributed by atoms with Gasteiger partial charge in [0.15, 0.2) is 0 Å². The van der Waals surface area contributed by atoms with Gasteiger partial charge in [-0.2, -0.15) is 0 Å². The van der Waals surface area contributed by atoms with Crippen LogP contribution in [0.5, 0.6) is 5.75 Å². The molecule has 0 aliphatic heterocycles. The third-order valence-electron chi connectivity index (χ3n) is 2.72. The molecule has 0 unspecified atom stereocenters. The van der Waals surface area contributed by atoms with Gasteiger partial charge in [0.05, 0.1) is 4.47 Å². The molecule has 0 atom stereocenters. The molecule has 0 spiro atoms. The van der Waals surface area contributed by atoms with Crippen LogP contribution in [-0.2, 0) is 13.2 Å². The van der Waals surface area contributed by atoms with Crippen molar-refractivity contribution in [2.24, 2.45) is 0 Å². The van der Waals surface area contributed by atoms with Crippen molar-refractivity contribution in [3.63, 3.8) is 0 Å². The summed E-state index contributed by atoms with van der Waals surface area (Å²) in [7, 11) is 0. The van der Waals surface area contributed by atoms with Crippen LogP contribution < -0.4 is 10.1 Å². The first-order valence-electron chi connectivity index (χ1n) is 6.30. The van der Waals surface area contributed by atoms with Crippen LogP contribution in [0.2, 0.25) is 0 Å². The number of nitrogens with zero attached hydrogens (tertiary/aromatic N) is 1. The summed E-state index contributed by atoms with van der Waals surface area (Å²) >= 11 is 3.55. The molecule has 2 aromatic rings. The summed E-state index contributed by atoms with van der Waals surface area (Å²) in [5.74, 6) is 0.858. The summed E-state index contributed by atoms with van der Waals surface area (Å²) in [6.07, 6.45) is 3.54. The first-order valence-corrected chi connectivity index (χ1v) is 7.09. The number of ether oxygens (including phenoxy) is 1. The van der Waals surface area contributed by atoms with Crippen LogP contribution in [0, 0.1) is 0 Å². The van der Waals surface area contributed by atoms with Crippen LogP contribution in [0.4, 0.5) is 0 Å². The van der Waals surface area contributed by atoms with Gasteiger partial charge < -0.3 is 10.1 Å². The van der Waals surface area contributed by atoms with Gasteiger partial charge >= 0.3 is 0 Å². The Kier molecular flexibility index (Phi) is 5.36. The Morgan fingerprint density at radius 2 is 1.95 bits per heavy atom. The van der Waals surface area contributed by atoms with E-state index in [0.717, 1.165) is 28.9 Å². The first-order chi connectivity index (χ1) is 9.29. The smallest absolute Gasteiger partial charge is 0.134 e. The van der Waals surface area contributed by atoms with Gasteiger partial charge in [0.2, 0.25) is 0 Å². The van der Waals surface area contributed by atoms with Crippen LogP contribution in [0.15, 0.2) is 47.2 Å². The maximum atomic E-state index is 5.79. The van der Waals surface area contributed by atoms with Gasteiger partial charge in [-0.25, -0.2) is 0 Å². The van der Waals surface area contributed by atoms with Crippen molar-refractivity contribution in [3.05, 3.63) is 58.3 Å². The molecule has 0 radical (unpaired) electrons. The fraction of sp³-hybridized carbons (Fsp3) is 0.267. The van der Waals surface area contributed by atoms with E-state index in [-0.39, 0.29) is 0 Å². The van der Waals surface area contributed by atoms with E-state index in [9.17, 15) is 0 Å². The van der Waals surface area contributed by atoms with Crippen LogP contribution >= 0.6 is 15.9 Å². The third kappa shape index (κ3) is 4.33. The summed E-state index contributed by atoms with van der Waals surface area (Å²) < 4.78 is 6.77. The van der Waals surface area contributed by atoms with Crippen molar-refractivity contribution < 1.29 is 4.74 Å². The van der Waals surface area contributed by atoms with Gasteiger partial charge in [0.25, 0.3) is 0 Å². The lowest BCUT2D eigenvalue weighted by Crippen LogP contribution is -2.11. The van der Waals surface area contributed by atoms with E-state index in [1.165, 1.54) is 5.56 Å². The lowest BCUT2D eigenvalue weighted by atomic mass is 10.2. The molecule has 19 heavy (non-hydrogen) atoms. The van der Waals surface area contributed by atoms with Gasteiger partial charge in [0, 0.05) is 18.9 Å². The van der Waals surface area contributed by atoms with Crippen molar-refractivity contribution in [1.29, 1.82) is 0 Å². The molecule has 0 saturated carbocycles. The normalized spacial score (nSPS) is 10.4. The molecule has 1 aromatic heterocycles. The number of aromatic nitrogens is 1. The molecule has 0 aliphatic carbocycles. The molecule has 2 rings (SSSR count). The standard InChI is InChI=1S/C15H17BrN2O/c1-2-17-10-13-3-4-15(14(16)9-13)19-11-12-5-7-18-8-6-12/h3-9,17H,2,10-11H2,1H3. The highest BCUT2D eigenvalue weighted by Crippen LogP contribution is 2.26. The predicted octanol–water partition coefficient (Wildman–Crippen LogP) is 3.53. The molecule has 0 saturated heterocycles. The van der Waals surface area contributed by atoms with Crippen LogP contribution in [0.3, 0.4) is 0 Å². The molecule has 0 aliphatic rings. The molecule has 0 bridgehead atoms. The number of benzene rings is 1. The molecule has 1 aromatic carbocycles. The monoisotopic (exact) mass is 320 g/mol. The van der Waals surface area contributed by atoms with E-state index in [4.69, 9.17) is 4.74 Å². The molecular weight excluding hydrogens is 304 g/mol. The molecule has 1 N–H and O–H groups in total. The Hall–Kier alpha value is -1.39. The zero-order valence-electron chi connectivity index (χ0n) is 10.9. The Morgan fingerprint density at radius 1 is 1.16 bits per heavy atom. The van der Waals surface area contributed by atoms with Gasteiger partial charge in [-0.3, -0.25) is 4.98 Å². The lowest BCUT2D eigenvalue weighted by molar-refractivity contribution is 0.304. The molecule has 4 heteroatoms. The molecule has 100 valence electrons. The first kappa shape index (κ1) is 14.0. The van der Waals surface area contributed by atoms with Crippen LogP contribution in [-0.4, -0.2) is 11.5 Å². The largest absolute Gasteiger partial charge is 0.488 e. The van der Waals surface area contributed by atoms with Crippen molar-refractivity contribution in [1.82, 2.24) is 10.3 Å².